The predicted octanol–water partition coefficient (Wildman–Crippen LogP) is 5.84. The van der Waals surface area contributed by atoms with Crippen molar-refractivity contribution >= 4 is 22.4 Å². The van der Waals surface area contributed by atoms with E-state index in [1.165, 1.54) is 6.07 Å². The molecule has 162 valence electrons. The molecule has 1 amide bonds. The van der Waals surface area contributed by atoms with E-state index in [1.807, 2.05) is 36.4 Å². The van der Waals surface area contributed by atoms with Gasteiger partial charge in [-0.15, -0.1) is 0 Å². The second-order valence-electron chi connectivity index (χ2n) is 7.99. The van der Waals surface area contributed by atoms with Crippen molar-refractivity contribution in [1.29, 1.82) is 0 Å². The van der Waals surface area contributed by atoms with E-state index in [0.29, 0.717) is 43.9 Å². The fourth-order valence-corrected chi connectivity index (χ4v) is 4.26. The molecule has 4 rings (SSSR count). The van der Waals surface area contributed by atoms with Gasteiger partial charge >= 0.3 is 0 Å². The lowest BCUT2D eigenvalue weighted by atomic mass is 9.73. The highest BCUT2D eigenvalue weighted by Gasteiger charge is 2.43. The Kier molecular flexibility index (Phi) is 6.52. The van der Waals surface area contributed by atoms with Gasteiger partial charge in [-0.3, -0.25) is 4.79 Å². The molecule has 1 aliphatic rings. The predicted molar refractivity (Wildman–Crippen MR) is 121 cm³/mol. The van der Waals surface area contributed by atoms with Gasteiger partial charge in [0.15, 0.2) is 0 Å². The van der Waals surface area contributed by atoms with Crippen molar-refractivity contribution in [3.8, 4) is 5.75 Å². The van der Waals surface area contributed by atoms with Crippen LogP contribution in [0.3, 0.4) is 0 Å². The van der Waals surface area contributed by atoms with Gasteiger partial charge < -0.3 is 14.8 Å². The Morgan fingerprint density at radius 2 is 1.74 bits per heavy atom. The van der Waals surface area contributed by atoms with Crippen molar-refractivity contribution in [3.05, 3.63) is 72.0 Å². The van der Waals surface area contributed by atoms with Crippen molar-refractivity contribution in [3.63, 3.8) is 0 Å². The number of hydrogen-bond acceptors (Lipinski definition) is 3. The summed E-state index contributed by atoms with van der Waals surface area (Å²) in [6.07, 6.45) is 2.93. The van der Waals surface area contributed by atoms with E-state index in [9.17, 15) is 9.18 Å². The molecule has 0 aromatic heterocycles. The molecule has 0 spiro atoms. The third kappa shape index (κ3) is 4.28. The molecule has 5 heteroatoms. The van der Waals surface area contributed by atoms with Crippen LogP contribution < -0.4 is 10.1 Å². The molecular formula is C26H28FNO3. The molecule has 1 aliphatic heterocycles. The minimum absolute atomic E-state index is 0.203. The lowest BCUT2D eigenvalue weighted by Crippen LogP contribution is -2.45. The van der Waals surface area contributed by atoms with E-state index in [1.54, 1.807) is 18.2 Å². The Labute approximate surface area is 182 Å². The Morgan fingerprint density at radius 1 is 1.03 bits per heavy atom. The van der Waals surface area contributed by atoms with Gasteiger partial charge in [-0.05, 0) is 37.5 Å². The number of hydrogen-bond donors (Lipinski definition) is 1. The summed E-state index contributed by atoms with van der Waals surface area (Å²) < 4.78 is 26.2. The molecule has 4 nitrogen and oxygen atoms in total. The molecular weight excluding hydrogens is 393 g/mol. The number of amides is 1. The minimum Gasteiger partial charge on any atom is -0.493 e. The van der Waals surface area contributed by atoms with Crippen molar-refractivity contribution in [2.45, 2.75) is 38.0 Å². The van der Waals surface area contributed by atoms with E-state index >= 15 is 0 Å². The highest BCUT2D eigenvalue weighted by molar-refractivity contribution is 6.07. The Balaban J connectivity index is 1.68. The van der Waals surface area contributed by atoms with Gasteiger partial charge in [-0.1, -0.05) is 55.8 Å². The third-order valence-electron chi connectivity index (χ3n) is 6.06. The maximum absolute atomic E-state index is 14.7. The minimum atomic E-state index is -0.957. The molecule has 0 radical (unpaired) electrons. The second kappa shape index (κ2) is 9.48. The first-order valence-electron chi connectivity index (χ1n) is 10.9. The first-order valence-corrected chi connectivity index (χ1v) is 10.9. The van der Waals surface area contributed by atoms with Crippen LogP contribution in [0.5, 0.6) is 5.75 Å². The summed E-state index contributed by atoms with van der Waals surface area (Å²) >= 11 is 0. The zero-order valence-corrected chi connectivity index (χ0v) is 17.8. The van der Waals surface area contributed by atoms with Crippen LogP contribution >= 0.6 is 0 Å². The van der Waals surface area contributed by atoms with Crippen LogP contribution in [-0.2, 0) is 14.9 Å². The lowest BCUT2D eigenvalue weighted by Gasteiger charge is -2.36. The van der Waals surface area contributed by atoms with Gasteiger partial charge in [0.1, 0.15) is 11.6 Å². The average molecular weight is 422 g/mol. The van der Waals surface area contributed by atoms with Crippen LogP contribution in [0.2, 0.25) is 0 Å². The van der Waals surface area contributed by atoms with E-state index in [4.69, 9.17) is 9.47 Å². The summed E-state index contributed by atoms with van der Waals surface area (Å²) in [5.74, 6) is 0.242. The van der Waals surface area contributed by atoms with E-state index in [-0.39, 0.29) is 11.7 Å². The molecule has 1 saturated heterocycles. The zero-order valence-electron chi connectivity index (χ0n) is 17.8. The summed E-state index contributed by atoms with van der Waals surface area (Å²) in [6, 6.07) is 18.2. The maximum atomic E-state index is 14.7. The molecule has 3 aromatic rings. The van der Waals surface area contributed by atoms with Gasteiger partial charge in [0, 0.05) is 35.2 Å². The number of rotatable bonds is 7. The lowest BCUT2D eigenvalue weighted by molar-refractivity contribution is -0.125. The van der Waals surface area contributed by atoms with Crippen LogP contribution in [0.1, 0.15) is 38.2 Å². The van der Waals surface area contributed by atoms with E-state index in [2.05, 4.69) is 12.2 Å². The first-order chi connectivity index (χ1) is 15.2. The van der Waals surface area contributed by atoms with Crippen molar-refractivity contribution in [2.24, 2.45) is 0 Å². The third-order valence-corrected chi connectivity index (χ3v) is 6.06. The summed E-state index contributed by atoms with van der Waals surface area (Å²) in [6.45, 7) is 3.63. The molecule has 1 fully saturated rings. The number of nitrogens with one attached hydrogen (secondary N) is 1. The number of unbranched alkanes of at least 4 members (excludes halogenated alkanes) is 1. The zero-order chi connectivity index (χ0) is 21.7. The average Bonchev–Trinajstić information content (AvgIpc) is 2.81. The highest BCUT2D eigenvalue weighted by atomic mass is 19.1. The standard InChI is InChI=1S/C26H28FNO3/c1-2-3-16-31-24-13-12-23(19-8-4-5-9-20(19)24)28-25(29)26(14-17-30-18-15-26)21-10-6-7-11-22(21)27/h4-13H,2-3,14-18H2,1H3,(H,28,29). The van der Waals surface area contributed by atoms with Gasteiger partial charge in [-0.25, -0.2) is 4.39 Å². The Bertz CT molecular complexity index is 1060. The number of benzene rings is 3. The summed E-state index contributed by atoms with van der Waals surface area (Å²) in [4.78, 5) is 13.6. The Hall–Kier alpha value is -2.92. The van der Waals surface area contributed by atoms with Crippen molar-refractivity contribution in [2.75, 3.05) is 25.1 Å². The number of halogens is 1. The molecule has 0 atom stereocenters. The number of fused-ring (bicyclic) bond motifs is 1. The summed E-state index contributed by atoms with van der Waals surface area (Å²) in [7, 11) is 0. The second-order valence-corrected chi connectivity index (χ2v) is 7.99. The molecule has 3 aromatic carbocycles. The van der Waals surface area contributed by atoms with Gasteiger partial charge in [-0.2, -0.15) is 0 Å². The number of anilines is 1. The van der Waals surface area contributed by atoms with Gasteiger partial charge in [0.2, 0.25) is 5.91 Å². The Morgan fingerprint density at radius 3 is 2.48 bits per heavy atom. The molecule has 0 aliphatic carbocycles. The SMILES string of the molecule is CCCCOc1ccc(NC(=O)C2(c3ccccc3F)CCOCC2)c2ccccc12. The van der Waals surface area contributed by atoms with E-state index in [0.717, 1.165) is 29.4 Å². The van der Waals surface area contributed by atoms with Crippen LogP contribution in [0, 0.1) is 5.82 Å². The van der Waals surface area contributed by atoms with Crippen LogP contribution in [0.25, 0.3) is 10.8 Å². The van der Waals surface area contributed by atoms with Crippen LogP contribution in [-0.4, -0.2) is 25.7 Å². The number of carbonyl (C=O) groups is 1. The smallest absolute Gasteiger partial charge is 0.235 e. The molecule has 0 bridgehead atoms. The first kappa shape index (κ1) is 21.3. The topological polar surface area (TPSA) is 47.6 Å². The fourth-order valence-electron chi connectivity index (χ4n) is 4.26. The van der Waals surface area contributed by atoms with Gasteiger partial charge in [0.25, 0.3) is 0 Å². The van der Waals surface area contributed by atoms with Crippen molar-refractivity contribution < 1.29 is 18.7 Å². The highest BCUT2D eigenvalue weighted by Crippen LogP contribution is 2.39. The van der Waals surface area contributed by atoms with E-state index < -0.39 is 5.41 Å². The number of carbonyl (C=O) groups excluding carboxylic acids is 1. The fraction of sp³-hybridized carbons (Fsp3) is 0.346. The molecule has 31 heavy (non-hydrogen) atoms. The number of ether oxygens (including phenoxy) is 2. The largest absolute Gasteiger partial charge is 0.493 e. The summed E-state index contributed by atoms with van der Waals surface area (Å²) in [5, 5.41) is 4.95. The summed E-state index contributed by atoms with van der Waals surface area (Å²) in [5.41, 5.74) is 0.173. The molecule has 1 N–H and O–H groups in total. The maximum Gasteiger partial charge on any atom is 0.235 e. The quantitative estimate of drug-likeness (QED) is 0.487. The molecule has 1 heterocycles. The molecule has 0 unspecified atom stereocenters. The monoisotopic (exact) mass is 421 g/mol. The van der Waals surface area contributed by atoms with Gasteiger partial charge in [0.05, 0.1) is 12.0 Å². The molecule has 0 saturated carbocycles. The van der Waals surface area contributed by atoms with Crippen LogP contribution in [0.4, 0.5) is 10.1 Å². The van der Waals surface area contributed by atoms with Crippen LogP contribution in [0.15, 0.2) is 60.7 Å². The normalized spacial score (nSPS) is 15.5. The van der Waals surface area contributed by atoms with Crippen molar-refractivity contribution in [1.82, 2.24) is 0 Å².